The lowest BCUT2D eigenvalue weighted by Gasteiger charge is -2.17. The van der Waals surface area contributed by atoms with Crippen molar-refractivity contribution in [2.45, 2.75) is 26.0 Å². The lowest BCUT2D eigenvalue weighted by atomic mass is 10.1. The zero-order valence-electron chi connectivity index (χ0n) is 16.3. The number of halogens is 2. The van der Waals surface area contributed by atoms with Gasteiger partial charge in [0.1, 0.15) is 17.2 Å². The molecule has 2 heterocycles. The topological polar surface area (TPSA) is 88.7 Å². The van der Waals surface area contributed by atoms with Crippen molar-refractivity contribution in [1.29, 1.82) is 0 Å². The Morgan fingerprint density at radius 3 is 2.30 bits per heavy atom. The highest BCUT2D eigenvalue weighted by atomic mass is 19.1. The minimum Gasteiger partial charge on any atom is -0.382 e. The predicted molar refractivity (Wildman–Crippen MR) is 106 cm³/mol. The third kappa shape index (κ3) is 3.55. The standard InChI is InChI=1S/C21H19F2N5O2/c1-21(2,30)19-26-28(15-8-6-13(7-9-15)14-10-24-25-11-14)20(29)27(19)12-16-17(22)4-3-5-18(16)23/h3-11,30H,12H2,1-2H3,(H,24,25). The molecule has 2 aromatic carbocycles. The molecule has 154 valence electrons. The van der Waals surface area contributed by atoms with Crippen LogP contribution in [0, 0.1) is 11.6 Å². The molecule has 7 nitrogen and oxygen atoms in total. The van der Waals surface area contributed by atoms with Crippen molar-refractivity contribution in [2.75, 3.05) is 0 Å². The van der Waals surface area contributed by atoms with Crippen LogP contribution in [0.4, 0.5) is 8.78 Å². The van der Waals surface area contributed by atoms with Gasteiger partial charge in [0.05, 0.1) is 18.4 Å². The number of aromatic nitrogens is 5. The van der Waals surface area contributed by atoms with Gasteiger partial charge in [-0.3, -0.25) is 9.67 Å². The fourth-order valence-electron chi connectivity index (χ4n) is 3.21. The van der Waals surface area contributed by atoms with Crippen LogP contribution in [0.3, 0.4) is 0 Å². The van der Waals surface area contributed by atoms with Crippen molar-refractivity contribution in [1.82, 2.24) is 24.5 Å². The van der Waals surface area contributed by atoms with E-state index in [9.17, 15) is 18.7 Å². The van der Waals surface area contributed by atoms with E-state index in [1.165, 1.54) is 19.9 Å². The maximum absolute atomic E-state index is 14.2. The SMILES string of the molecule is CC(C)(O)c1nn(-c2ccc(-c3cn[nH]c3)cc2)c(=O)n1Cc1c(F)cccc1F. The van der Waals surface area contributed by atoms with Crippen LogP contribution in [0.1, 0.15) is 25.2 Å². The van der Waals surface area contributed by atoms with Crippen molar-refractivity contribution in [3.63, 3.8) is 0 Å². The summed E-state index contributed by atoms with van der Waals surface area (Å²) in [4.78, 5) is 13.1. The summed E-state index contributed by atoms with van der Waals surface area (Å²) in [5, 5.41) is 21.4. The average molecular weight is 411 g/mol. The summed E-state index contributed by atoms with van der Waals surface area (Å²) in [7, 11) is 0. The second-order valence-corrected chi connectivity index (χ2v) is 7.40. The Morgan fingerprint density at radius 1 is 1.07 bits per heavy atom. The van der Waals surface area contributed by atoms with Gasteiger partial charge in [-0.15, -0.1) is 5.10 Å². The lowest BCUT2D eigenvalue weighted by Crippen LogP contribution is -2.29. The molecule has 2 N–H and O–H groups in total. The van der Waals surface area contributed by atoms with Crippen LogP contribution >= 0.6 is 0 Å². The molecule has 0 unspecified atom stereocenters. The summed E-state index contributed by atoms with van der Waals surface area (Å²) in [5.74, 6) is -1.56. The Bertz CT molecular complexity index is 1220. The Labute approximate surface area is 170 Å². The van der Waals surface area contributed by atoms with E-state index < -0.39 is 29.5 Å². The molecule has 0 saturated carbocycles. The summed E-state index contributed by atoms with van der Waals surface area (Å²) in [6.45, 7) is 2.51. The Hall–Kier alpha value is -3.59. The van der Waals surface area contributed by atoms with Gasteiger partial charge >= 0.3 is 5.69 Å². The highest BCUT2D eigenvalue weighted by molar-refractivity contribution is 5.62. The summed E-state index contributed by atoms with van der Waals surface area (Å²) >= 11 is 0. The molecule has 0 radical (unpaired) electrons. The van der Waals surface area contributed by atoms with E-state index in [1.54, 1.807) is 36.7 Å². The number of H-pyrrole nitrogens is 1. The van der Waals surface area contributed by atoms with E-state index in [0.29, 0.717) is 5.69 Å². The second-order valence-electron chi connectivity index (χ2n) is 7.40. The summed E-state index contributed by atoms with van der Waals surface area (Å²) in [5.41, 5.74) is -0.192. The largest absolute Gasteiger partial charge is 0.382 e. The lowest BCUT2D eigenvalue weighted by molar-refractivity contribution is 0.0642. The highest BCUT2D eigenvalue weighted by Crippen LogP contribution is 2.22. The molecule has 0 spiro atoms. The first-order chi connectivity index (χ1) is 14.3. The fourth-order valence-corrected chi connectivity index (χ4v) is 3.21. The third-order valence-electron chi connectivity index (χ3n) is 4.73. The van der Waals surface area contributed by atoms with Gasteiger partial charge < -0.3 is 5.11 Å². The minimum atomic E-state index is -1.51. The van der Waals surface area contributed by atoms with Crippen LogP contribution in [0.25, 0.3) is 16.8 Å². The monoisotopic (exact) mass is 411 g/mol. The van der Waals surface area contributed by atoms with E-state index in [4.69, 9.17) is 0 Å². The van der Waals surface area contributed by atoms with E-state index in [-0.39, 0.29) is 11.4 Å². The number of aliphatic hydroxyl groups is 1. The molecule has 0 amide bonds. The molecular formula is C21H19F2N5O2. The minimum absolute atomic E-state index is 0.00550. The molecule has 9 heteroatoms. The molecule has 0 fully saturated rings. The number of nitrogens with zero attached hydrogens (tertiary/aromatic N) is 4. The van der Waals surface area contributed by atoms with Crippen LogP contribution in [0.2, 0.25) is 0 Å². The average Bonchev–Trinajstić information content (AvgIpc) is 3.33. The number of rotatable bonds is 5. The first kappa shape index (κ1) is 19.7. The smallest absolute Gasteiger partial charge is 0.351 e. The van der Waals surface area contributed by atoms with Gasteiger partial charge in [-0.2, -0.15) is 9.78 Å². The van der Waals surface area contributed by atoms with Crippen LogP contribution in [-0.2, 0) is 12.1 Å². The molecule has 4 aromatic rings. The van der Waals surface area contributed by atoms with Crippen LogP contribution in [0.15, 0.2) is 59.7 Å². The van der Waals surface area contributed by atoms with Crippen molar-refractivity contribution < 1.29 is 13.9 Å². The maximum Gasteiger partial charge on any atom is 0.351 e. The summed E-state index contributed by atoms with van der Waals surface area (Å²) < 4.78 is 30.5. The van der Waals surface area contributed by atoms with Gasteiger partial charge in [-0.25, -0.2) is 13.6 Å². The van der Waals surface area contributed by atoms with E-state index in [1.807, 2.05) is 0 Å². The van der Waals surface area contributed by atoms with Crippen molar-refractivity contribution >= 4 is 0 Å². The van der Waals surface area contributed by atoms with Gasteiger partial charge in [-0.05, 0) is 43.7 Å². The zero-order chi connectivity index (χ0) is 21.5. The Morgan fingerprint density at radius 2 is 1.73 bits per heavy atom. The highest BCUT2D eigenvalue weighted by Gasteiger charge is 2.28. The first-order valence-corrected chi connectivity index (χ1v) is 9.21. The van der Waals surface area contributed by atoms with Gasteiger partial charge in [-0.1, -0.05) is 18.2 Å². The van der Waals surface area contributed by atoms with Gasteiger partial charge in [0.15, 0.2) is 5.82 Å². The maximum atomic E-state index is 14.2. The molecule has 4 rings (SSSR count). The second kappa shape index (κ2) is 7.34. The number of aromatic amines is 1. The van der Waals surface area contributed by atoms with Crippen molar-refractivity contribution in [3.05, 3.63) is 88.4 Å². The van der Waals surface area contributed by atoms with Gasteiger partial charge in [0.2, 0.25) is 0 Å². The molecule has 2 aromatic heterocycles. The molecule has 0 aliphatic rings. The molecule has 0 aliphatic heterocycles. The van der Waals surface area contributed by atoms with Crippen molar-refractivity contribution in [3.8, 4) is 16.8 Å². The third-order valence-corrected chi connectivity index (χ3v) is 4.73. The number of hydrogen-bond donors (Lipinski definition) is 2. The van der Waals surface area contributed by atoms with Gasteiger partial charge in [0.25, 0.3) is 0 Å². The zero-order valence-corrected chi connectivity index (χ0v) is 16.3. The predicted octanol–water partition coefficient (Wildman–Crippen LogP) is 2.98. The quantitative estimate of drug-likeness (QED) is 0.529. The molecule has 0 aliphatic carbocycles. The van der Waals surface area contributed by atoms with Crippen LogP contribution in [0.5, 0.6) is 0 Å². The molecule has 0 atom stereocenters. The molecule has 0 saturated heterocycles. The van der Waals surface area contributed by atoms with Crippen LogP contribution in [-0.4, -0.2) is 29.7 Å². The molecule has 30 heavy (non-hydrogen) atoms. The van der Waals surface area contributed by atoms with Gasteiger partial charge in [0, 0.05) is 17.3 Å². The summed E-state index contributed by atoms with van der Waals surface area (Å²) in [6, 6.07) is 10.5. The molecular weight excluding hydrogens is 392 g/mol. The van der Waals surface area contributed by atoms with Crippen molar-refractivity contribution in [2.24, 2.45) is 0 Å². The number of benzene rings is 2. The Balaban J connectivity index is 1.80. The first-order valence-electron chi connectivity index (χ1n) is 9.21. The van der Waals surface area contributed by atoms with E-state index >= 15 is 0 Å². The van der Waals surface area contributed by atoms with E-state index in [2.05, 4.69) is 15.3 Å². The van der Waals surface area contributed by atoms with Crippen LogP contribution < -0.4 is 5.69 Å². The Kier molecular flexibility index (Phi) is 4.83. The number of hydrogen-bond acceptors (Lipinski definition) is 4. The fraction of sp³-hybridized carbons (Fsp3) is 0.190. The summed E-state index contributed by atoms with van der Waals surface area (Å²) in [6.07, 6.45) is 3.41. The van der Waals surface area contributed by atoms with E-state index in [0.717, 1.165) is 32.5 Å². The number of nitrogens with one attached hydrogen (secondary N) is 1. The normalized spacial score (nSPS) is 11.8. The molecule has 0 bridgehead atoms.